The fourth-order valence-electron chi connectivity index (χ4n) is 2.98. The molecule has 1 aromatic heterocycles. The predicted molar refractivity (Wildman–Crippen MR) is 105 cm³/mol. The zero-order valence-corrected chi connectivity index (χ0v) is 15.9. The van der Waals surface area contributed by atoms with Gasteiger partial charge in [-0.3, -0.25) is 9.59 Å². The van der Waals surface area contributed by atoms with E-state index in [1.165, 1.54) is 18.4 Å². The van der Waals surface area contributed by atoms with E-state index in [1.807, 2.05) is 44.2 Å². The molecule has 0 saturated heterocycles. The second-order valence-electron chi connectivity index (χ2n) is 6.88. The second kappa shape index (κ2) is 8.61. The Morgan fingerprint density at radius 3 is 2.61 bits per heavy atom. The average molecular weight is 381 g/mol. The van der Waals surface area contributed by atoms with Crippen LogP contribution in [0.5, 0.6) is 5.75 Å². The number of fused-ring (bicyclic) bond motifs is 1. The maximum absolute atomic E-state index is 12.5. The van der Waals surface area contributed by atoms with Gasteiger partial charge >= 0.3 is 5.97 Å². The maximum atomic E-state index is 12.5. The number of amides is 1. The number of carbonyl (C=O) groups is 2. The summed E-state index contributed by atoms with van der Waals surface area (Å²) in [5, 5.41) is 10.2. The molecular formula is C22H23NO5. The first-order valence-corrected chi connectivity index (χ1v) is 9.12. The minimum atomic E-state index is -0.507. The van der Waals surface area contributed by atoms with Crippen molar-refractivity contribution in [3.05, 3.63) is 65.9 Å². The highest BCUT2D eigenvalue weighted by Gasteiger charge is 2.20. The topological polar surface area (TPSA) is 80.0 Å². The van der Waals surface area contributed by atoms with Crippen molar-refractivity contribution in [1.29, 1.82) is 0 Å². The SMILES string of the molecule is CC(C)N(Cc1ccccc1)C(=O)COC(=O)Cc1coc2cc(O)ccc12. The molecule has 2 aromatic carbocycles. The van der Waals surface area contributed by atoms with Crippen LogP contribution < -0.4 is 0 Å². The van der Waals surface area contributed by atoms with Crippen molar-refractivity contribution in [3.63, 3.8) is 0 Å². The van der Waals surface area contributed by atoms with Crippen LogP contribution in [0.3, 0.4) is 0 Å². The van der Waals surface area contributed by atoms with E-state index in [0.29, 0.717) is 17.7 Å². The Kier molecular flexibility index (Phi) is 5.99. The molecule has 1 heterocycles. The number of carbonyl (C=O) groups excluding carboxylic acids is 2. The van der Waals surface area contributed by atoms with E-state index in [-0.39, 0.29) is 30.7 Å². The zero-order chi connectivity index (χ0) is 20.1. The smallest absolute Gasteiger partial charge is 0.310 e. The number of aromatic hydroxyl groups is 1. The van der Waals surface area contributed by atoms with Gasteiger partial charge in [0.15, 0.2) is 6.61 Å². The molecule has 0 unspecified atom stereocenters. The lowest BCUT2D eigenvalue weighted by molar-refractivity contribution is -0.152. The lowest BCUT2D eigenvalue weighted by atomic mass is 10.1. The van der Waals surface area contributed by atoms with E-state index in [1.54, 1.807) is 11.0 Å². The molecule has 0 fully saturated rings. The number of hydrogen-bond acceptors (Lipinski definition) is 5. The molecule has 3 rings (SSSR count). The van der Waals surface area contributed by atoms with Gasteiger partial charge in [-0.25, -0.2) is 0 Å². The second-order valence-corrected chi connectivity index (χ2v) is 6.88. The Balaban J connectivity index is 1.58. The number of furan rings is 1. The molecule has 0 aliphatic rings. The molecule has 6 nitrogen and oxygen atoms in total. The Bertz CT molecular complexity index is 961. The normalized spacial score (nSPS) is 11.0. The lowest BCUT2D eigenvalue weighted by Gasteiger charge is -2.26. The number of esters is 1. The molecular weight excluding hydrogens is 358 g/mol. The quantitative estimate of drug-likeness (QED) is 0.632. The van der Waals surface area contributed by atoms with Gasteiger partial charge in [0.25, 0.3) is 5.91 Å². The van der Waals surface area contributed by atoms with E-state index in [0.717, 1.165) is 10.9 Å². The summed E-state index contributed by atoms with van der Waals surface area (Å²) >= 11 is 0. The van der Waals surface area contributed by atoms with Crippen molar-refractivity contribution in [1.82, 2.24) is 4.90 Å². The van der Waals surface area contributed by atoms with Crippen molar-refractivity contribution in [2.45, 2.75) is 32.9 Å². The summed E-state index contributed by atoms with van der Waals surface area (Å²) in [4.78, 5) is 26.4. The van der Waals surface area contributed by atoms with Gasteiger partial charge in [0, 0.05) is 29.6 Å². The minimum absolute atomic E-state index is 0.00851. The summed E-state index contributed by atoms with van der Waals surface area (Å²) in [6, 6.07) is 14.4. The Morgan fingerprint density at radius 1 is 1.14 bits per heavy atom. The van der Waals surface area contributed by atoms with Crippen molar-refractivity contribution < 1.29 is 23.8 Å². The zero-order valence-electron chi connectivity index (χ0n) is 15.9. The summed E-state index contributed by atoms with van der Waals surface area (Å²) in [7, 11) is 0. The number of rotatable bonds is 7. The summed E-state index contributed by atoms with van der Waals surface area (Å²) < 4.78 is 10.5. The number of phenolic OH excluding ortho intramolecular Hbond substituents is 1. The molecule has 0 aliphatic carbocycles. The van der Waals surface area contributed by atoms with E-state index in [9.17, 15) is 14.7 Å². The van der Waals surface area contributed by atoms with Gasteiger partial charge in [-0.05, 0) is 31.5 Å². The molecule has 0 radical (unpaired) electrons. The monoisotopic (exact) mass is 381 g/mol. The van der Waals surface area contributed by atoms with E-state index in [4.69, 9.17) is 9.15 Å². The first-order valence-electron chi connectivity index (χ1n) is 9.12. The van der Waals surface area contributed by atoms with Crippen LogP contribution in [0, 0.1) is 0 Å². The van der Waals surface area contributed by atoms with Gasteiger partial charge in [-0.2, -0.15) is 0 Å². The third-order valence-corrected chi connectivity index (χ3v) is 4.47. The standard InChI is InChI=1S/C22H23NO5/c1-15(2)23(12-16-6-4-3-5-7-16)21(25)14-28-22(26)10-17-13-27-20-11-18(24)8-9-19(17)20/h3-9,11,13,15,24H,10,12,14H2,1-2H3. The lowest BCUT2D eigenvalue weighted by Crippen LogP contribution is -2.39. The molecule has 1 amide bonds. The van der Waals surface area contributed by atoms with E-state index < -0.39 is 5.97 Å². The van der Waals surface area contributed by atoms with Crippen LogP contribution in [0.25, 0.3) is 11.0 Å². The molecule has 0 saturated carbocycles. The fourth-order valence-corrected chi connectivity index (χ4v) is 2.98. The summed E-state index contributed by atoms with van der Waals surface area (Å²) in [6.07, 6.45) is 1.45. The third-order valence-electron chi connectivity index (χ3n) is 4.47. The van der Waals surface area contributed by atoms with Gasteiger partial charge in [0.2, 0.25) is 0 Å². The molecule has 0 spiro atoms. The Labute approximate surface area is 163 Å². The van der Waals surface area contributed by atoms with E-state index in [2.05, 4.69) is 0 Å². The molecule has 1 N–H and O–H groups in total. The third kappa shape index (κ3) is 4.71. The number of ether oxygens (including phenoxy) is 1. The highest BCUT2D eigenvalue weighted by atomic mass is 16.5. The first-order chi connectivity index (χ1) is 13.4. The number of phenols is 1. The van der Waals surface area contributed by atoms with Crippen LogP contribution in [0.2, 0.25) is 0 Å². The van der Waals surface area contributed by atoms with Crippen molar-refractivity contribution >= 4 is 22.8 Å². The highest BCUT2D eigenvalue weighted by Crippen LogP contribution is 2.25. The number of benzene rings is 2. The molecule has 28 heavy (non-hydrogen) atoms. The van der Waals surface area contributed by atoms with Crippen LogP contribution >= 0.6 is 0 Å². The number of nitrogens with zero attached hydrogens (tertiary/aromatic N) is 1. The first kappa shape index (κ1) is 19.5. The predicted octanol–water partition coefficient (Wildman–Crippen LogP) is 3.66. The van der Waals surface area contributed by atoms with Crippen LogP contribution in [0.4, 0.5) is 0 Å². The van der Waals surface area contributed by atoms with Crippen LogP contribution in [0.1, 0.15) is 25.0 Å². The Morgan fingerprint density at radius 2 is 1.89 bits per heavy atom. The summed E-state index contributed by atoms with van der Waals surface area (Å²) in [5.41, 5.74) is 2.16. The van der Waals surface area contributed by atoms with Crippen LogP contribution in [-0.4, -0.2) is 34.5 Å². The van der Waals surface area contributed by atoms with Gasteiger partial charge in [-0.15, -0.1) is 0 Å². The van der Waals surface area contributed by atoms with E-state index >= 15 is 0 Å². The maximum Gasteiger partial charge on any atom is 0.310 e. The fraction of sp³-hybridized carbons (Fsp3) is 0.273. The van der Waals surface area contributed by atoms with Gasteiger partial charge in [0.1, 0.15) is 11.3 Å². The van der Waals surface area contributed by atoms with Gasteiger partial charge in [0.05, 0.1) is 12.7 Å². The summed E-state index contributed by atoms with van der Waals surface area (Å²) in [6.45, 7) is 4.01. The van der Waals surface area contributed by atoms with Crippen LogP contribution in [0.15, 0.2) is 59.2 Å². The number of hydrogen-bond donors (Lipinski definition) is 1. The largest absolute Gasteiger partial charge is 0.508 e. The van der Waals surface area contributed by atoms with Crippen molar-refractivity contribution in [3.8, 4) is 5.75 Å². The van der Waals surface area contributed by atoms with Crippen LogP contribution in [-0.2, 0) is 27.3 Å². The summed E-state index contributed by atoms with van der Waals surface area (Å²) in [5.74, 6) is -0.657. The Hall–Kier alpha value is -3.28. The molecule has 0 atom stereocenters. The molecule has 0 bridgehead atoms. The van der Waals surface area contributed by atoms with Crippen molar-refractivity contribution in [2.24, 2.45) is 0 Å². The van der Waals surface area contributed by atoms with Gasteiger partial charge < -0.3 is 19.2 Å². The van der Waals surface area contributed by atoms with Crippen molar-refractivity contribution in [2.75, 3.05) is 6.61 Å². The highest BCUT2D eigenvalue weighted by molar-refractivity contribution is 5.87. The molecule has 6 heteroatoms. The molecule has 146 valence electrons. The minimum Gasteiger partial charge on any atom is -0.508 e. The van der Waals surface area contributed by atoms with Gasteiger partial charge in [-0.1, -0.05) is 30.3 Å². The average Bonchev–Trinajstić information content (AvgIpc) is 3.06. The molecule has 3 aromatic rings. The molecule has 0 aliphatic heterocycles.